The topological polar surface area (TPSA) is 57.9 Å². The molecular formula is C9H7ClINO2S. The number of hydrogen-bond acceptors (Lipinski definition) is 3. The zero-order chi connectivity index (χ0) is 11.6. The summed E-state index contributed by atoms with van der Waals surface area (Å²) in [5.41, 5.74) is 1.16. The first-order chi connectivity index (χ1) is 6.90. The van der Waals surface area contributed by atoms with E-state index in [0.717, 1.165) is 9.13 Å². The number of halogens is 2. The quantitative estimate of drug-likeness (QED) is 0.605. The number of nitriles is 1. The Balaban J connectivity index is 3.56. The van der Waals surface area contributed by atoms with Gasteiger partial charge in [0.2, 0.25) is 0 Å². The number of benzene rings is 1. The summed E-state index contributed by atoms with van der Waals surface area (Å²) in [5, 5.41) is 8.84. The molecule has 0 saturated carbocycles. The maximum atomic E-state index is 11.1. The van der Waals surface area contributed by atoms with Crippen LogP contribution in [0.3, 0.4) is 0 Å². The molecule has 0 radical (unpaired) electrons. The molecule has 0 aliphatic carbocycles. The summed E-state index contributed by atoms with van der Waals surface area (Å²) in [7, 11) is 1.46. The van der Waals surface area contributed by atoms with Crippen LogP contribution in [-0.4, -0.2) is 8.42 Å². The molecule has 3 nitrogen and oxygen atoms in total. The van der Waals surface area contributed by atoms with Crippen LogP contribution in [0.15, 0.2) is 17.0 Å². The average molecular weight is 356 g/mol. The van der Waals surface area contributed by atoms with Gasteiger partial charge in [-0.2, -0.15) is 5.26 Å². The van der Waals surface area contributed by atoms with Crippen LogP contribution >= 0.6 is 33.3 Å². The average Bonchev–Trinajstić information content (AvgIpc) is 2.16. The van der Waals surface area contributed by atoms with Crippen molar-refractivity contribution in [1.82, 2.24) is 0 Å². The van der Waals surface area contributed by atoms with E-state index < -0.39 is 9.05 Å². The van der Waals surface area contributed by atoms with E-state index in [-0.39, 0.29) is 4.90 Å². The molecule has 1 aromatic carbocycles. The second-order valence-electron chi connectivity index (χ2n) is 2.85. The van der Waals surface area contributed by atoms with Gasteiger partial charge in [0, 0.05) is 14.3 Å². The molecule has 0 saturated heterocycles. The molecule has 0 N–H and O–H groups in total. The van der Waals surface area contributed by atoms with E-state index in [1.807, 2.05) is 35.6 Å². The molecular weight excluding hydrogens is 349 g/mol. The Morgan fingerprint density at radius 2 is 2.13 bits per heavy atom. The van der Waals surface area contributed by atoms with Crippen molar-refractivity contribution in [2.24, 2.45) is 0 Å². The third-order valence-electron chi connectivity index (χ3n) is 1.90. The smallest absolute Gasteiger partial charge is 0.207 e. The zero-order valence-electron chi connectivity index (χ0n) is 7.79. The van der Waals surface area contributed by atoms with Gasteiger partial charge < -0.3 is 0 Å². The van der Waals surface area contributed by atoms with Crippen LogP contribution in [0.4, 0.5) is 0 Å². The lowest BCUT2D eigenvalue weighted by atomic mass is 10.1. The molecule has 1 rings (SSSR count). The molecule has 0 spiro atoms. The predicted octanol–water partition coefficient (Wildman–Crippen LogP) is 2.65. The van der Waals surface area contributed by atoms with Crippen molar-refractivity contribution in [1.29, 1.82) is 5.26 Å². The summed E-state index contributed by atoms with van der Waals surface area (Å²) in [4.78, 5) is -0.0158. The van der Waals surface area contributed by atoms with E-state index in [2.05, 4.69) is 0 Å². The van der Waals surface area contributed by atoms with Crippen molar-refractivity contribution in [2.45, 2.75) is 18.2 Å². The highest BCUT2D eigenvalue weighted by molar-refractivity contribution is 14.1. The molecule has 0 unspecified atom stereocenters. The van der Waals surface area contributed by atoms with E-state index >= 15 is 0 Å². The standard InChI is InChI=1S/C9H7ClINO2S/c1-2-6-3-8(15(10,13)14)4-7(5-12)9(6)11/h3-4H,2H2,1H3. The van der Waals surface area contributed by atoms with Gasteiger partial charge in [-0.25, -0.2) is 8.42 Å². The summed E-state index contributed by atoms with van der Waals surface area (Å²) < 4.78 is 23.0. The van der Waals surface area contributed by atoms with E-state index in [1.165, 1.54) is 12.1 Å². The van der Waals surface area contributed by atoms with E-state index in [4.69, 9.17) is 15.9 Å². The van der Waals surface area contributed by atoms with Gasteiger partial charge >= 0.3 is 0 Å². The van der Waals surface area contributed by atoms with Crippen molar-refractivity contribution in [3.05, 3.63) is 26.8 Å². The maximum absolute atomic E-state index is 11.1. The van der Waals surface area contributed by atoms with Gasteiger partial charge in [0.05, 0.1) is 10.5 Å². The first-order valence-corrected chi connectivity index (χ1v) is 7.46. The van der Waals surface area contributed by atoms with Crippen LogP contribution in [0, 0.1) is 14.9 Å². The highest BCUT2D eigenvalue weighted by Crippen LogP contribution is 2.24. The van der Waals surface area contributed by atoms with Gasteiger partial charge in [-0.3, -0.25) is 0 Å². The first-order valence-electron chi connectivity index (χ1n) is 4.07. The minimum atomic E-state index is -3.77. The SMILES string of the molecule is CCc1cc(S(=O)(=O)Cl)cc(C#N)c1I. The van der Waals surface area contributed by atoms with Crippen molar-refractivity contribution in [3.8, 4) is 6.07 Å². The van der Waals surface area contributed by atoms with Crippen LogP contribution in [0.25, 0.3) is 0 Å². The number of rotatable bonds is 2. The molecule has 0 aromatic heterocycles. The molecule has 0 aliphatic heterocycles. The minimum absolute atomic E-state index is 0.0158. The summed E-state index contributed by atoms with van der Waals surface area (Å²) in [6.45, 7) is 1.89. The highest BCUT2D eigenvalue weighted by atomic mass is 127. The van der Waals surface area contributed by atoms with Gasteiger partial charge in [0.15, 0.2) is 0 Å². The second kappa shape index (κ2) is 4.68. The van der Waals surface area contributed by atoms with Gasteiger partial charge in [-0.15, -0.1) is 0 Å². The summed E-state index contributed by atoms with van der Waals surface area (Å²) >= 11 is 2.03. The van der Waals surface area contributed by atoms with Crippen LogP contribution < -0.4 is 0 Å². The molecule has 1 aromatic rings. The maximum Gasteiger partial charge on any atom is 0.261 e. The van der Waals surface area contributed by atoms with Crippen molar-refractivity contribution in [3.63, 3.8) is 0 Å². The number of hydrogen-bond donors (Lipinski definition) is 0. The molecule has 0 bridgehead atoms. The lowest BCUT2D eigenvalue weighted by molar-refractivity contribution is 0.609. The molecule has 0 amide bonds. The Morgan fingerprint density at radius 3 is 2.53 bits per heavy atom. The van der Waals surface area contributed by atoms with Crippen LogP contribution in [0.5, 0.6) is 0 Å². The van der Waals surface area contributed by atoms with E-state index in [9.17, 15) is 8.42 Å². The number of aryl methyl sites for hydroxylation is 1. The molecule has 0 aliphatic rings. The molecule has 0 heterocycles. The summed E-state index contributed by atoms with van der Waals surface area (Å²) in [6.07, 6.45) is 0.660. The summed E-state index contributed by atoms with van der Waals surface area (Å²) in [6, 6.07) is 4.75. The Bertz CT molecular complexity index is 534. The Morgan fingerprint density at radius 1 is 1.53 bits per heavy atom. The van der Waals surface area contributed by atoms with E-state index in [0.29, 0.717) is 12.0 Å². The highest BCUT2D eigenvalue weighted by Gasteiger charge is 2.15. The lowest BCUT2D eigenvalue weighted by Gasteiger charge is -2.05. The molecule has 0 atom stereocenters. The number of nitrogens with zero attached hydrogens (tertiary/aromatic N) is 1. The van der Waals surface area contributed by atoms with Gasteiger partial charge in [-0.1, -0.05) is 6.92 Å². The van der Waals surface area contributed by atoms with Crippen LogP contribution in [0.1, 0.15) is 18.1 Å². The fourth-order valence-electron chi connectivity index (χ4n) is 1.13. The second-order valence-corrected chi connectivity index (χ2v) is 6.49. The normalized spacial score (nSPS) is 11.1. The van der Waals surface area contributed by atoms with Crippen LogP contribution in [-0.2, 0) is 15.5 Å². The first kappa shape index (κ1) is 12.7. The fourth-order valence-corrected chi connectivity index (χ4v) is 2.76. The fraction of sp³-hybridized carbons (Fsp3) is 0.222. The lowest BCUT2D eigenvalue weighted by Crippen LogP contribution is -1.98. The van der Waals surface area contributed by atoms with Gasteiger partial charge in [-0.05, 0) is 46.7 Å². The Kier molecular flexibility index (Phi) is 3.98. The third kappa shape index (κ3) is 2.83. The predicted molar refractivity (Wildman–Crippen MR) is 66.3 cm³/mol. The van der Waals surface area contributed by atoms with Crippen molar-refractivity contribution < 1.29 is 8.42 Å². The van der Waals surface area contributed by atoms with Gasteiger partial charge in [0.25, 0.3) is 9.05 Å². The third-order valence-corrected chi connectivity index (χ3v) is 4.51. The van der Waals surface area contributed by atoms with Crippen molar-refractivity contribution in [2.75, 3.05) is 0 Å². The van der Waals surface area contributed by atoms with E-state index in [1.54, 1.807) is 0 Å². The molecule has 15 heavy (non-hydrogen) atoms. The molecule has 0 fully saturated rings. The van der Waals surface area contributed by atoms with Crippen molar-refractivity contribution >= 4 is 42.3 Å². The largest absolute Gasteiger partial charge is 0.261 e. The monoisotopic (exact) mass is 355 g/mol. The minimum Gasteiger partial charge on any atom is -0.207 e. The summed E-state index contributed by atoms with van der Waals surface area (Å²) in [5.74, 6) is 0. The van der Waals surface area contributed by atoms with Gasteiger partial charge in [0.1, 0.15) is 6.07 Å². The molecule has 6 heteroatoms. The Labute approximate surface area is 107 Å². The molecule has 80 valence electrons. The van der Waals surface area contributed by atoms with Crippen LogP contribution in [0.2, 0.25) is 0 Å². The Hall–Kier alpha value is -0.320. The zero-order valence-corrected chi connectivity index (χ0v) is 11.5.